The van der Waals surface area contributed by atoms with Gasteiger partial charge in [0.05, 0.1) is 12.8 Å². The summed E-state index contributed by atoms with van der Waals surface area (Å²) < 4.78 is 21.6. The van der Waals surface area contributed by atoms with Gasteiger partial charge in [0.25, 0.3) is 0 Å². The van der Waals surface area contributed by atoms with Crippen LogP contribution in [0.3, 0.4) is 0 Å². The van der Waals surface area contributed by atoms with Crippen LogP contribution >= 0.6 is 15.0 Å². The van der Waals surface area contributed by atoms with Crippen LogP contribution in [0.2, 0.25) is 0 Å². The standard InChI is InChI=1S/C5H13NO7P2/c1-14(9,10)3-6(2-5(7)8)4-15(11,12)13/h2-4H2,1H3,(H,7,8)(H,9,10)(H2,11,12,13). The Labute approximate surface area is 86.1 Å². The number of carboxylic acids is 1. The molecular weight excluding hydrogens is 248 g/mol. The molecule has 0 aliphatic heterocycles. The summed E-state index contributed by atoms with van der Waals surface area (Å²) in [7, 11) is -7.98. The maximum Gasteiger partial charge on any atom is 0.339 e. The quantitative estimate of drug-likeness (QED) is 0.464. The van der Waals surface area contributed by atoms with Crippen molar-refractivity contribution in [3.8, 4) is 0 Å². The highest BCUT2D eigenvalue weighted by molar-refractivity contribution is 7.57. The lowest BCUT2D eigenvalue weighted by molar-refractivity contribution is -0.137. The Morgan fingerprint density at radius 1 is 1.20 bits per heavy atom. The predicted molar refractivity (Wildman–Crippen MR) is 51.9 cm³/mol. The van der Waals surface area contributed by atoms with Gasteiger partial charge in [-0.1, -0.05) is 0 Å². The minimum atomic E-state index is -4.43. The van der Waals surface area contributed by atoms with Crippen molar-refractivity contribution in [1.82, 2.24) is 4.90 Å². The van der Waals surface area contributed by atoms with Gasteiger partial charge in [-0.2, -0.15) is 0 Å². The van der Waals surface area contributed by atoms with Gasteiger partial charge in [-0.25, -0.2) is 0 Å². The summed E-state index contributed by atoms with van der Waals surface area (Å²) in [5.74, 6) is -1.32. The molecule has 1 atom stereocenters. The highest BCUT2D eigenvalue weighted by Crippen LogP contribution is 2.40. The van der Waals surface area contributed by atoms with Crippen LogP contribution in [0.1, 0.15) is 0 Å². The predicted octanol–water partition coefficient (Wildman–Crippen LogP) is -0.634. The number of nitrogens with zero attached hydrogens (tertiary/aromatic N) is 1. The summed E-state index contributed by atoms with van der Waals surface area (Å²) in [6, 6.07) is 0. The molecule has 8 nitrogen and oxygen atoms in total. The number of hydrogen-bond acceptors (Lipinski definition) is 4. The summed E-state index contributed by atoms with van der Waals surface area (Å²) in [6.07, 6.45) is -1.41. The first-order chi connectivity index (χ1) is 6.49. The topological polar surface area (TPSA) is 135 Å². The highest BCUT2D eigenvalue weighted by Gasteiger charge is 2.25. The lowest BCUT2D eigenvalue weighted by Crippen LogP contribution is -2.31. The summed E-state index contributed by atoms with van der Waals surface area (Å²) in [5.41, 5.74) is 0. The summed E-state index contributed by atoms with van der Waals surface area (Å²) in [5, 5.41) is 8.41. The van der Waals surface area contributed by atoms with Gasteiger partial charge in [-0.3, -0.25) is 18.8 Å². The number of rotatable bonds is 6. The van der Waals surface area contributed by atoms with Gasteiger partial charge in [0.15, 0.2) is 0 Å². The van der Waals surface area contributed by atoms with Gasteiger partial charge in [-0.05, 0) is 0 Å². The normalized spacial score (nSPS) is 16.3. The van der Waals surface area contributed by atoms with Gasteiger partial charge in [0, 0.05) is 6.66 Å². The minimum absolute atomic E-state index is 0.565. The first-order valence-corrected chi connectivity index (χ1v) is 7.86. The fraction of sp³-hybridized carbons (Fsp3) is 0.800. The monoisotopic (exact) mass is 261 g/mol. The van der Waals surface area contributed by atoms with E-state index in [1.807, 2.05) is 0 Å². The van der Waals surface area contributed by atoms with E-state index in [0.717, 1.165) is 11.6 Å². The van der Waals surface area contributed by atoms with Crippen molar-refractivity contribution in [1.29, 1.82) is 0 Å². The SMILES string of the molecule is CP(=O)(O)CN(CC(=O)O)CP(=O)(O)O. The summed E-state index contributed by atoms with van der Waals surface area (Å²) in [6.45, 7) is 0.297. The first-order valence-electron chi connectivity index (χ1n) is 3.77. The molecule has 0 heterocycles. The molecule has 0 aliphatic carbocycles. The van der Waals surface area contributed by atoms with E-state index in [-0.39, 0.29) is 0 Å². The molecule has 0 rings (SSSR count). The highest BCUT2D eigenvalue weighted by atomic mass is 31.2. The average molecular weight is 261 g/mol. The van der Waals surface area contributed by atoms with Crippen molar-refractivity contribution in [2.24, 2.45) is 0 Å². The molecule has 0 amide bonds. The number of hydrogen-bond donors (Lipinski definition) is 4. The number of carboxylic acid groups (broad SMARTS) is 1. The largest absolute Gasteiger partial charge is 0.480 e. The summed E-state index contributed by atoms with van der Waals surface area (Å²) >= 11 is 0. The van der Waals surface area contributed by atoms with Crippen molar-refractivity contribution in [2.75, 3.05) is 25.8 Å². The third kappa shape index (κ3) is 10.1. The maximum atomic E-state index is 11.0. The second-order valence-corrected chi connectivity index (χ2v) is 7.22. The van der Waals surface area contributed by atoms with Crippen LogP contribution in [0.25, 0.3) is 0 Å². The van der Waals surface area contributed by atoms with Crippen LogP contribution in [0, 0.1) is 0 Å². The Balaban J connectivity index is 4.53. The van der Waals surface area contributed by atoms with Gasteiger partial charge in [0.1, 0.15) is 6.29 Å². The average Bonchev–Trinajstić information content (AvgIpc) is 1.73. The number of carbonyl (C=O) groups is 1. The van der Waals surface area contributed by atoms with Crippen LogP contribution in [0.4, 0.5) is 0 Å². The van der Waals surface area contributed by atoms with E-state index in [1.165, 1.54) is 0 Å². The van der Waals surface area contributed by atoms with Crippen LogP contribution in [0.15, 0.2) is 0 Å². The van der Waals surface area contributed by atoms with E-state index in [1.54, 1.807) is 0 Å². The van der Waals surface area contributed by atoms with Crippen LogP contribution in [-0.4, -0.2) is 56.4 Å². The molecular formula is C5H13NO7P2. The smallest absolute Gasteiger partial charge is 0.339 e. The van der Waals surface area contributed by atoms with Crippen LogP contribution < -0.4 is 0 Å². The molecule has 0 aromatic carbocycles. The van der Waals surface area contributed by atoms with E-state index in [0.29, 0.717) is 0 Å². The lowest BCUT2D eigenvalue weighted by atomic mass is 10.6. The third-order valence-corrected chi connectivity index (χ3v) is 2.90. The molecule has 0 aromatic rings. The molecule has 10 heteroatoms. The molecule has 1 unspecified atom stereocenters. The van der Waals surface area contributed by atoms with Gasteiger partial charge in [0.2, 0.25) is 7.37 Å². The molecule has 0 aromatic heterocycles. The Bertz CT molecular complexity index is 293. The third-order valence-electron chi connectivity index (χ3n) is 1.21. The molecule has 0 aliphatic rings. The van der Waals surface area contributed by atoms with Crippen molar-refractivity contribution in [2.45, 2.75) is 0 Å². The van der Waals surface area contributed by atoms with E-state index in [2.05, 4.69) is 0 Å². The fourth-order valence-electron chi connectivity index (χ4n) is 0.968. The molecule has 4 N–H and O–H groups in total. The molecule has 0 spiro atoms. The zero-order valence-electron chi connectivity index (χ0n) is 7.98. The second-order valence-electron chi connectivity index (χ2n) is 3.22. The first kappa shape index (κ1) is 14.8. The Morgan fingerprint density at radius 2 is 1.67 bits per heavy atom. The van der Waals surface area contributed by atoms with Gasteiger partial charge >= 0.3 is 13.6 Å². The van der Waals surface area contributed by atoms with Crippen LogP contribution in [-0.2, 0) is 13.9 Å². The van der Waals surface area contributed by atoms with E-state index >= 15 is 0 Å². The van der Waals surface area contributed by atoms with Crippen molar-refractivity contribution >= 4 is 20.9 Å². The molecule has 0 bridgehead atoms. The number of aliphatic carboxylic acids is 1. The van der Waals surface area contributed by atoms with Crippen molar-refractivity contribution in [3.63, 3.8) is 0 Å². The van der Waals surface area contributed by atoms with E-state index in [9.17, 15) is 13.9 Å². The van der Waals surface area contributed by atoms with Crippen molar-refractivity contribution in [3.05, 3.63) is 0 Å². The molecule has 0 radical (unpaired) electrons. The van der Waals surface area contributed by atoms with Gasteiger partial charge in [-0.15, -0.1) is 0 Å². The fourth-order valence-corrected chi connectivity index (χ4v) is 2.79. The second kappa shape index (κ2) is 5.21. The zero-order valence-corrected chi connectivity index (χ0v) is 9.77. The molecule has 90 valence electrons. The maximum absolute atomic E-state index is 11.0. The summed E-state index contributed by atoms with van der Waals surface area (Å²) in [4.78, 5) is 37.2. The van der Waals surface area contributed by atoms with Crippen LogP contribution in [0.5, 0.6) is 0 Å². The van der Waals surface area contributed by atoms with E-state index < -0.39 is 40.1 Å². The Kier molecular flexibility index (Phi) is 5.13. The Morgan fingerprint density at radius 3 is 1.93 bits per heavy atom. The Hall–Kier alpha value is -0.230. The van der Waals surface area contributed by atoms with Gasteiger partial charge < -0.3 is 19.8 Å². The zero-order chi connectivity index (χ0) is 12.3. The molecule has 15 heavy (non-hydrogen) atoms. The van der Waals surface area contributed by atoms with E-state index in [4.69, 9.17) is 19.8 Å². The minimum Gasteiger partial charge on any atom is -0.480 e. The molecule has 0 saturated heterocycles. The molecule has 0 saturated carbocycles. The molecule has 0 fully saturated rings. The lowest BCUT2D eigenvalue weighted by Gasteiger charge is -2.21. The van der Waals surface area contributed by atoms with Crippen molar-refractivity contribution < 1.29 is 33.7 Å².